The molecule has 0 bridgehead atoms. The highest BCUT2D eigenvalue weighted by atomic mass is 35.5. The van der Waals surface area contributed by atoms with Crippen molar-refractivity contribution < 1.29 is 15.0 Å². The van der Waals surface area contributed by atoms with E-state index in [9.17, 15) is 9.90 Å². The molecule has 2 rings (SSSR count). The summed E-state index contributed by atoms with van der Waals surface area (Å²) in [6, 6.07) is 8.09. The number of fused-ring (bicyclic) bond motifs is 1. The van der Waals surface area contributed by atoms with E-state index in [1.54, 1.807) is 24.3 Å². The lowest BCUT2D eigenvalue weighted by molar-refractivity contribution is 0.0694. The summed E-state index contributed by atoms with van der Waals surface area (Å²) < 4.78 is 0. The van der Waals surface area contributed by atoms with E-state index < -0.39 is 5.97 Å². The summed E-state index contributed by atoms with van der Waals surface area (Å²) in [5.41, 5.74) is -0.182. The summed E-state index contributed by atoms with van der Waals surface area (Å²) in [7, 11) is 0. The predicted octanol–water partition coefficient (Wildman–Crippen LogP) is 2.90. The van der Waals surface area contributed by atoms with Crippen molar-refractivity contribution in [1.29, 1.82) is 0 Å². The molecule has 0 aliphatic rings. The number of benzene rings is 2. The first-order valence-corrected chi connectivity index (χ1v) is 4.62. The van der Waals surface area contributed by atoms with Gasteiger partial charge in [-0.1, -0.05) is 35.9 Å². The first-order valence-electron chi connectivity index (χ1n) is 4.25. The Morgan fingerprint density at radius 3 is 2.40 bits per heavy atom. The molecule has 0 amide bonds. The van der Waals surface area contributed by atoms with Gasteiger partial charge in [0.15, 0.2) is 0 Å². The largest absolute Gasteiger partial charge is 0.506 e. The van der Waals surface area contributed by atoms with E-state index in [1.165, 1.54) is 6.07 Å². The quantitative estimate of drug-likeness (QED) is 0.780. The molecule has 0 unspecified atom stereocenters. The number of hydrogen-bond acceptors (Lipinski definition) is 2. The van der Waals surface area contributed by atoms with Gasteiger partial charge in [-0.05, 0) is 6.07 Å². The fraction of sp³-hybridized carbons (Fsp3) is 0. The van der Waals surface area contributed by atoms with Gasteiger partial charge in [-0.25, -0.2) is 4.79 Å². The van der Waals surface area contributed by atoms with Gasteiger partial charge in [-0.15, -0.1) is 0 Å². The number of hydrogen-bond donors (Lipinski definition) is 2. The summed E-state index contributed by atoms with van der Waals surface area (Å²) in [6.07, 6.45) is 0. The Kier molecular flexibility index (Phi) is 2.25. The summed E-state index contributed by atoms with van der Waals surface area (Å²) in [6.45, 7) is 0. The molecule has 2 aromatic carbocycles. The van der Waals surface area contributed by atoms with Crippen molar-refractivity contribution in [3.8, 4) is 5.75 Å². The standard InChI is InChI=1S/C11H7ClO3/c12-9-5-8(11(14)15)10(13)7-4-2-1-3-6(7)9/h1-5,13H,(H,14,15). The highest BCUT2D eigenvalue weighted by molar-refractivity contribution is 6.36. The highest BCUT2D eigenvalue weighted by Crippen LogP contribution is 2.33. The van der Waals surface area contributed by atoms with Crippen LogP contribution < -0.4 is 0 Å². The number of aromatic hydroxyl groups is 1. The monoisotopic (exact) mass is 222 g/mol. The SMILES string of the molecule is O=C(O)c1cc(Cl)c2ccccc2c1O. The lowest BCUT2D eigenvalue weighted by Crippen LogP contribution is -1.97. The minimum atomic E-state index is -1.19. The van der Waals surface area contributed by atoms with E-state index in [-0.39, 0.29) is 11.3 Å². The Morgan fingerprint density at radius 1 is 1.20 bits per heavy atom. The van der Waals surface area contributed by atoms with Gasteiger partial charge in [0.05, 0.1) is 0 Å². The van der Waals surface area contributed by atoms with Gasteiger partial charge in [0.1, 0.15) is 11.3 Å². The van der Waals surface area contributed by atoms with Crippen LogP contribution in [0, 0.1) is 0 Å². The van der Waals surface area contributed by atoms with Crippen molar-refractivity contribution in [1.82, 2.24) is 0 Å². The molecule has 0 aliphatic heterocycles. The zero-order valence-electron chi connectivity index (χ0n) is 7.57. The van der Waals surface area contributed by atoms with E-state index >= 15 is 0 Å². The second-order valence-electron chi connectivity index (χ2n) is 3.11. The van der Waals surface area contributed by atoms with Gasteiger partial charge in [0.2, 0.25) is 0 Å². The minimum absolute atomic E-state index is 0.182. The van der Waals surface area contributed by atoms with E-state index in [4.69, 9.17) is 16.7 Å². The van der Waals surface area contributed by atoms with Crippen LogP contribution in [-0.4, -0.2) is 16.2 Å². The van der Waals surface area contributed by atoms with Crippen LogP contribution in [0.4, 0.5) is 0 Å². The normalized spacial score (nSPS) is 10.5. The Bertz CT molecular complexity index is 549. The smallest absolute Gasteiger partial charge is 0.339 e. The molecule has 15 heavy (non-hydrogen) atoms. The maximum atomic E-state index is 10.8. The summed E-state index contributed by atoms with van der Waals surface area (Å²) in [5, 5.41) is 19.9. The van der Waals surface area contributed by atoms with Crippen molar-refractivity contribution in [2.45, 2.75) is 0 Å². The minimum Gasteiger partial charge on any atom is -0.506 e. The number of carboxylic acid groups (broad SMARTS) is 1. The van der Waals surface area contributed by atoms with E-state index in [1.807, 2.05) is 0 Å². The van der Waals surface area contributed by atoms with Crippen LogP contribution in [0.25, 0.3) is 10.8 Å². The third-order valence-electron chi connectivity index (χ3n) is 2.20. The maximum Gasteiger partial charge on any atom is 0.339 e. The molecular formula is C11H7ClO3. The van der Waals surface area contributed by atoms with Crippen LogP contribution in [0.15, 0.2) is 30.3 Å². The van der Waals surface area contributed by atoms with Crippen molar-refractivity contribution >= 4 is 28.3 Å². The van der Waals surface area contributed by atoms with Crippen molar-refractivity contribution in [3.63, 3.8) is 0 Å². The number of carbonyl (C=O) groups is 1. The van der Waals surface area contributed by atoms with Gasteiger partial charge in [0, 0.05) is 15.8 Å². The van der Waals surface area contributed by atoms with Gasteiger partial charge >= 0.3 is 5.97 Å². The molecule has 0 fully saturated rings. The molecule has 2 aromatic rings. The Hall–Kier alpha value is -1.74. The molecule has 0 spiro atoms. The third-order valence-corrected chi connectivity index (χ3v) is 2.51. The van der Waals surface area contributed by atoms with Crippen LogP contribution in [0.1, 0.15) is 10.4 Å². The van der Waals surface area contributed by atoms with Crippen molar-refractivity contribution in [3.05, 3.63) is 40.9 Å². The molecule has 2 N–H and O–H groups in total. The zero-order valence-corrected chi connectivity index (χ0v) is 8.32. The van der Waals surface area contributed by atoms with E-state index in [0.29, 0.717) is 15.8 Å². The third kappa shape index (κ3) is 1.51. The lowest BCUT2D eigenvalue weighted by atomic mass is 10.1. The second-order valence-corrected chi connectivity index (χ2v) is 3.51. The molecule has 0 aliphatic carbocycles. The molecular weight excluding hydrogens is 216 g/mol. The first-order chi connectivity index (χ1) is 7.11. The molecule has 3 nitrogen and oxygen atoms in total. The number of phenols is 1. The van der Waals surface area contributed by atoms with Crippen molar-refractivity contribution in [2.24, 2.45) is 0 Å². The lowest BCUT2D eigenvalue weighted by Gasteiger charge is -2.06. The fourth-order valence-corrected chi connectivity index (χ4v) is 1.75. The van der Waals surface area contributed by atoms with Gasteiger partial charge in [0.25, 0.3) is 0 Å². The number of rotatable bonds is 1. The van der Waals surface area contributed by atoms with Crippen molar-refractivity contribution in [2.75, 3.05) is 0 Å². The number of halogens is 1. The molecule has 0 aromatic heterocycles. The molecule has 4 heteroatoms. The Labute approximate surface area is 90.5 Å². The van der Waals surface area contributed by atoms with Gasteiger partial charge in [-0.2, -0.15) is 0 Å². The summed E-state index contributed by atoms with van der Waals surface area (Å²) in [4.78, 5) is 10.8. The van der Waals surface area contributed by atoms with Crippen LogP contribution in [0.2, 0.25) is 5.02 Å². The molecule has 0 saturated heterocycles. The van der Waals surface area contributed by atoms with Crippen LogP contribution >= 0.6 is 11.6 Å². The Balaban J connectivity index is 2.90. The molecule has 0 heterocycles. The zero-order chi connectivity index (χ0) is 11.0. The maximum absolute atomic E-state index is 10.8. The van der Waals surface area contributed by atoms with Gasteiger partial charge in [-0.3, -0.25) is 0 Å². The fourth-order valence-electron chi connectivity index (χ4n) is 1.48. The number of carboxylic acids is 1. The Morgan fingerprint density at radius 2 is 1.80 bits per heavy atom. The van der Waals surface area contributed by atoms with Crippen LogP contribution in [0.5, 0.6) is 5.75 Å². The predicted molar refractivity (Wildman–Crippen MR) is 57.6 cm³/mol. The van der Waals surface area contributed by atoms with E-state index in [2.05, 4.69) is 0 Å². The molecule has 0 atom stereocenters. The average molecular weight is 223 g/mol. The van der Waals surface area contributed by atoms with E-state index in [0.717, 1.165) is 0 Å². The summed E-state index contributed by atoms with van der Waals surface area (Å²) in [5.74, 6) is -1.44. The van der Waals surface area contributed by atoms with Crippen LogP contribution in [0.3, 0.4) is 0 Å². The van der Waals surface area contributed by atoms with Crippen LogP contribution in [-0.2, 0) is 0 Å². The summed E-state index contributed by atoms with van der Waals surface area (Å²) >= 11 is 5.90. The molecule has 76 valence electrons. The first kappa shape index (κ1) is 9.80. The molecule has 0 saturated carbocycles. The number of aromatic carboxylic acids is 1. The molecule has 0 radical (unpaired) electrons. The topological polar surface area (TPSA) is 57.5 Å². The highest BCUT2D eigenvalue weighted by Gasteiger charge is 2.14. The second kappa shape index (κ2) is 3.44. The van der Waals surface area contributed by atoms with Gasteiger partial charge < -0.3 is 10.2 Å². The average Bonchev–Trinajstić information content (AvgIpc) is 2.23.